The number of nitrogens with zero attached hydrogens (tertiary/aromatic N) is 1. The Balaban J connectivity index is 2.39. The molecule has 1 saturated heterocycles. The van der Waals surface area contributed by atoms with Crippen LogP contribution in [0.4, 0.5) is 0 Å². The fraction of sp³-hybridized carbons (Fsp3) is 0.462. The lowest BCUT2D eigenvalue weighted by molar-refractivity contribution is -0.193. The van der Waals surface area contributed by atoms with Crippen molar-refractivity contribution in [1.29, 1.82) is 0 Å². The highest BCUT2D eigenvalue weighted by Crippen LogP contribution is 2.43. The molecular formula is C13H17NO3. The number of carboxylic acid groups (broad SMARTS) is 1. The molecule has 0 amide bonds. The molecule has 0 aliphatic carbocycles. The minimum absolute atomic E-state index is 0.157. The second-order valence-electron chi connectivity index (χ2n) is 4.73. The summed E-state index contributed by atoms with van der Waals surface area (Å²) in [4.78, 5) is 13.5. The van der Waals surface area contributed by atoms with Gasteiger partial charge in [-0.25, -0.2) is 0 Å². The predicted octanol–water partition coefficient (Wildman–Crippen LogP) is 1.39. The summed E-state index contributed by atoms with van der Waals surface area (Å²) >= 11 is 0. The van der Waals surface area contributed by atoms with Crippen molar-refractivity contribution >= 4 is 5.97 Å². The molecule has 1 heterocycles. The first-order chi connectivity index (χ1) is 8.08. The Morgan fingerprint density at radius 1 is 1.35 bits per heavy atom. The van der Waals surface area contributed by atoms with Gasteiger partial charge in [0.25, 0.3) is 0 Å². The monoisotopic (exact) mass is 235 g/mol. The van der Waals surface area contributed by atoms with Crippen LogP contribution in [0.5, 0.6) is 0 Å². The van der Waals surface area contributed by atoms with Crippen molar-refractivity contribution in [2.24, 2.45) is 5.41 Å². The molecule has 1 aliphatic rings. The number of rotatable bonds is 4. The average Bonchev–Trinajstić information content (AvgIpc) is 2.23. The van der Waals surface area contributed by atoms with Gasteiger partial charge in [-0.15, -0.1) is 0 Å². The van der Waals surface area contributed by atoms with E-state index in [-0.39, 0.29) is 19.3 Å². The topological polar surface area (TPSA) is 49.8 Å². The highest BCUT2D eigenvalue weighted by atomic mass is 16.5. The third-order valence-corrected chi connectivity index (χ3v) is 3.30. The van der Waals surface area contributed by atoms with Crippen LogP contribution >= 0.6 is 0 Å². The van der Waals surface area contributed by atoms with Crippen molar-refractivity contribution in [2.75, 3.05) is 27.3 Å². The second-order valence-corrected chi connectivity index (χ2v) is 4.73. The van der Waals surface area contributed by atoms with Crippen LogP contribution in [0.25, 0.3) is 0 Å². The molecule has 1 N–H and O–H groups in total. The van der Waals surface area contributed by atoms with Crippen LogP contribution in [-0.2, 0) is 9.53 Å². The highest BCUT2D eigenvalue weighted by molar-refractivity contribution is 5.77. The normalized spacial score (nSPS) is 19.7. The Hall–Kier alpha value is -1.39. The zero-order valence-electron chi connectivity index (χ0n) is 10.1. The van der Waals surface area contributed by atoms with E-state index in [1.807, 2.05) is 49.3 Å². The van der Waals surface area contributed by atoms with E-state index in [0.29, 0.717) is 0 Å². The van der Waals surface area contributed by atoms with Gasteiger partial charge in [-0.05, 0) is 19.7 Å². The number of hydrogen-bond donors (Lipinski definition) is 1. The van der Waals surface area contributed by atoms with Gasteiger partial charge in [0.05, 0.1) is 19.3 Å². The molecule has 1 aromatic carbocycles. The molecule has 0 saturated carbocycles. The van der Waals surface area contributed by atoms with Crippen molar-refractivity contribution in [2.45, 2.75) is 6.04 Å². The van der Waals surface area contributed by atoms with Crippen molar-refractivity contribution in [3.8, 4) is 0 Å². The molecule has 1 aromatic rings. The molecule has 0 bridgehead atoms. The summed E-state index contributed by atoms with van der Waals surface area (Å²) in [7, 11) is 3.81. The minimum Gasteiger partial charge on any atom is -0.481 e. The summed E-state index contributed by atoms with van der Waals surface area (Å²) < 4.78 is 5.14. The molecule has 17 heavy (non-hydrogen) atoms. The van der Waals surface area contributed by atoms with Crippen molar-refractivity contribution in [3.63, 3.8) is 0 Å². The molecule has 0 aromatic heterocycles. The van der Waals surface area contributed by atoms with E-state index >= 15 is 0 Å². The summed E-state index contributed by atoms with van der Waals surface area (Å²) in [5, 5.41) is 9.46. The van der Waals surface area contributed by atoms with Crippen LogP contribution in [0.15, 0.2) is 30.3 Å². The van der Waals surface area contributed by atoms with E-state index in [0.717, 1.165) is 5.56 Å². The van der Waals surface area contributed by atoms with Crippen LogP contribution < -0.4 is 0 Å². The summed E-state index contributed by atoms with van der Waals surface area (Å²) in [6.07, 6.45) is 0. The average molecular weight is 235 g/mol. The van der Waals surface area contributed by atoms with Gasteiger partial charge in [-0.3, -0.25) is 4.79 Å². The quantitative estimate of drug-likeness (QED) is 0.856. The standard InChI is InChI=1S/C13H17NO3/c1-14(2)11(10-6-4-3-5-7-10)13(12(15)16)8-17-9-13/h3-7,11H,8-9H2,1-2H3,(H,15,16). The molecule has 0 spiro atoms. The van der Waals surface area contributed by atoms with Crippen molar-refractivity contribution in [1.82, 2.24) is 4.90 Å². The maximum atomic E-state index is 11.5. The van der Waals surface area contributed by atoms with Crippen LogP contribution in [0.2, 0.25) is 0 Å². The summed E-state index contributed by atoms with van der Waals surface area (Å²) in [6.45, 7) is 0.556. The van der Waals surface area contributed by atoms with Gasteiger partial charge in [0.15, 0.2) is 0 Å². The summed E-state index contributed by atoms with van der Waals surface area (Å²) in [5.41, 5.74) is 0.202. The maximum absolute atomic E-state index is 11.5. The zero-order chi connectivity index (χ0) is 12.5. The first-order valence-corrected chi connectivity index (χ1v) is 5.60. The third kappa shape index (κ3) is 1.94. The van der Waals surface area contributed by atoms with E-state index < -0.39 is 11.4 Å². The Kier molecular flexibility index (Phi) is 3.17. The van der Waals surface area contributed by atoms with Gasteiger partial charge in [-0.1, -0.05) is 30.3 Å². The molecule has 4 nitrogen and oxygen atoms in total. The number of carbonyl (C=O) groups is 1. The number of aliphatic carboxylic acids is 1. The van der Waals surface area contributed by atoms with E-state index in [1.54, 1.807) is 0 Å². The molecule has 0 radical (unpaired) electrons. The van der Waals surface area contributed by atoms with Crippen LogP contribution in [0, 0.1) is 5.41 Å². The van der Waals surface area contributed by atoms with Gasteiger partial charge in [0, 0.05) is 0 Å². The summed E-state index contributed by atoms with van der Waals surface area (Å²) in [5.74, 6) is -0.786. The lowest BCUT2D eigenvalue weighted by atomic mass is 9.74. The molecular weight excluding hydrogens is 218 g/mol. The van der Waals surface area contributed by atoms with Gasteiger partial charge < -0.3 is 14.7 Å². The molecule has 2 rings (SSSR count). The van der Waals surface area contributed by atoms with Gasteiger partial charge in [0.1, 0.15) is 5.41 Å². The van der Waals surface area contributed by atoms with E-state index in [9.17, 15) is 9.90 Å². The molecule has 4 heteroatoms. The Morgan fingerprint density at radius 3 is 2.29 bits per heavy atom. The largest absolute Gasteiger partial charge is 0.481 e. The summed E-state index contributed by atoms with van der Waals surface area (Å²) in [6, 6.07) is 9.57. The lowest BCUT2D eigenvalue weighted by Crippen LogP contribution is -2.56. The smallest absolute Gasteiger partial charge is 0.316 e. The fourth-order valence-electron chi connectivity index (χ4n) is 2.47. The van der Waals surface area contributed by atoms with E-state index in [2.05, 4.69) is 0 Å². The first kappa shape index (κ1) is 12.1. The van der Waals surface area contributed by atoms with Gasteiger partial charge in [-0.2, -0.15) is 0 Å². The Morgan fingerprint density at radius 2 is 1.94 bits per heavy atom. The Labute approximate surface area is 101 Å². The van der Waals surface area contributed by atoms with Gasteiger partial charge >= 0.3 is 5.97 Å². The first-order valence-electron chi connectivity index (χ1n) is 5.60. The second kappa shape index (κ2) is 4.47. The highest BCUT2D eigenvalue weighted by Gasteiger charge is 2.53. The van der Waals surface area contributed by atoms with Crippen LogP contribution in [-0.4, -0.2) is 43.3 Å². The molecule has 1 unspecified atom stereocenters. The Bertz CT molecular complexity index is 398. The van der Waals surface area contributed by atoms with E-state index in [4.69, 9.17) is 4.74 Å². The van der Waals surface area contributed by atoms with E-state index in [1.165, 1.54) is 0 Å². The molecule has 1 atom stereocenters. The zero-order valence-corrected chi connectivity index (χ0v) is 10.1. The fourth-order valence-corrected chi connectivity index (χ4v) is 2.47. The third-order valence-electron chi connectivity index (χ3n) is 3.30. The van der Waals surface area contributed by atoms with Gasteiger partial charge in [0.2, 0.25) is 0 Å². The number of ether oxygens (including phenoxy) is 1. The molecule has 1 aliphatic heterocycles. The number of hydrogen-bond acceptors (Lipinski definition) is 3. The number of carboxylic acids is 1. The minimum atomic E-state index is -0.815. The lowest BCUT2D eigenvalue weighted by Gasteiger charge is -2.46. The van der Waals surface area contributed by atoms with Crippen LogP contribution in [0.1, 0.15) is 11.6 Å². The maximum Gasteiger partial charge on any atom is 0.316 e. The molecule has 1 fully saturated rings. The van der Waals surface area contributed by atoms with Crippen LogP contribution in [0.3, 0.4) is 0 Å². The molecule has 92 valence electrons. The van der Waals surface area contributed by atoms with Crippen molar-refractivity contribution in [3.05, 3.63) is 35.9 Å². The predicted molar refractivity (Wildman–Crippen MR) is 63.8 cm³/mol. The number of benzene rings is 1. The SMILES string of the molecule is CN(C)C(c1ccccc1)C1(C(=O)O)COC1. The van der Waals surface area contributed by atoms with Crippen molar-refractivity contribution < 1.29 is 14.6 Å².